The van der Waals surface area contributed by atoms with Crippen LogP contribution in [-0.2, 0) is 61.9 Å². The van der Waals surface area contributed by atoms with Crippen LogP contribution in [0.2, 0.25) is 0 Å². The number of rotatable bonds is 34. The molecule has 6 unspecified atom stereocenters. The first kappa shape index (κ1) is 57.9. The number of ether oxygens (including phenoxy) is 7. The molecular weight excluding hydrogens is 881 g/mol. The molecule has 0 spiro atoms. The van der Waals surface area contributed by atoms with Crippen molar-refractivity contribution >= 4 is 112 Å². The highest BCUT2D eigenvalue weighted by atomic mass is 32.1. The SMILES string of the molecule is CC(CS)CC(=O)OCC(COCC(COC(=O)CC(C)CS)(COC(=O)CC(C)CS)COC(=O)CC(C)CS)(COC(=O)CC(C)CS)COC(=O)CC(C)CS. The Morgan fingerprint density at radius 2 is 0.475 bits per heavy atom. The van der Waals surface area contributed by atoms with E-state index in [4.69, 9.17) is 33.2 Å². The number of thiol groups is 6. The summed E-state index contributed by atoms with van der Waals surface area (Å²) in [5, 5.41) is 0. The van der Waals surface area contributed by atoms with E-state index in [-0.39, 0.29) is 127 Å². The van der Waals surface area contributed by atoms with Crippen LogP contribution in [0.25, 0.3) is 0 Å². The van der Waals surface area contributed by atoms with Crippen molar-refractivity contribution in [3.05, 3.63) is 0 Å². The number of esters is 6. The van der Waals surface area contributed by atoms with Gasteiger partial charge in [-0.2, -0.15) is 75.8 Å². The lowest BCUT2D eigenvalue weighted by Gasteiger charge is -2.36. The third kappa shape index (κ3) is 27.5. The summed E-state index contributed by atoms with van der Waals surface area (Å²) >= 11 is 25.6. The fourth-order valence-corrected chi connectivity index (χ4v) is 5.61. The summed E-state index contributed by atoms with van der Waals surface area (Å²) in [6.45, 7) is 8.05. The largest absolute Gasteiger partial charge is 0.465 e. The second kappa shape index (κ2) is 32.5. The van der Waals surface area contributed by atoms with Crippen LogP contribution in [-0.4, -0.2) is 123 Å². The van der Waals surface area contributed by atoms with Crippen LogP contribution in [0.5, 0.6) is 0 Å². The molecule has 0 saturated carbocycles. The van der Waals surface area contributed by atoms with Gasteiger partial charge < -0.3 is 33.2 Å². The maximum atomic E-state index is 13.0. The highest BCUT2D eigenvalue weighted by Gasteiger charge is 2.41. The Morgan fingerprint density at radius 3 is 0.610 bits per heavy atom. The Hall–Kier alpha value is -1.12. The van der Waals surface area contributed by atoms with E-state index < -0.39 is 46.6 Å². The van der Waals surface area contributed by atoms with E-state index in [1.807, 2.05) is 41.5 Å². The van der Waals surface area contributed by atoms with Gasteiger partial charge in [0.2, 0.25) is 0 Å². The highest BCUT2D eigenvalue weighted by molar-refractivity contribution is 7.81. The first-order valence-electron chi connectivity index (χ1n) is 20.0. The Labute approximate surface area is 385 Å². The van der Waals surface area contributed by atoms with Gasteiger partial charge in [-0.15, -0.1) is 0 Å². The predicted molar refractivity (Wildman–Crippen MR) is 247 cm³/mol. The minimum Gasteiger partial charge on any atom is -0.465 e. The van der Waals surface area contributed by atoms with Gasteiger partial charge >= 0.3 is 35.8 Å². The van der Waals surface area contributed by atoms with Gasteiger partial charge in [-0.05, 0) is 70.0 Å². The van der Waals surface area contributed by atoms with Crippen molar-refractivity contribution < 1.29 is 61.9 Å². The summed E-state index contributed by atoms with van der Waals surface area (Å²) in [5.41, 5.74) is -2.89. The van der Waals surface area contributed by atoms with E-state index in [2.05, 4.69) is 75.8 Å². The monoisotopic (exact) mass is 950 g/mol. The van der Waals surface area contributed by atoms with E-state index in [9.17, 15) is 28.8 Å². The molecule has 19 heteroatoms. The molecule has 0 aromatic carbocycles. The molecule has 0 aliphatic carbocycles. The zero-order valence-corrected chi connectivity index (χ0v) is 41.0. The second-order valence-electron chi connectivity index (χ2n) is 16.4. The smallest absolute Gasteiger partial charge is 0.306 e. The third-order valence-electron chi connectivity index (χ3n) is 9.01. The standard InChI is InChI=1S/C40H70O13S6/c1-27(13-54)7-33(41)48-21-39(22-49-34(42)8-28(2)14-55,23-50-35(43)9-29(3)15-56)19-47-20-40(24-51-36(44)10-30(4)16-57,25-52-37(45)11-31(5)17-58)26-53-38(46)12-32(6)18-59/h27-32,54-59H,7-26H2,1-6H3. The van der Waals surface area contributed by atoms with Gasteiger partial charge in [0.15, 0.2) is 0 Å². The van der Waals surface area contributed by atoms with E-state index in [0.29, 0.717) is 34.5 Å². The third-order valence-corrected chi connectivity index (χ3v) is 12.8. The summed E-state index contributed by atoms with van der Waals surface area (Å²) in [7, 11) is 0. The van der Waals surface area contributed by atoms with Crippen molar-refractivity contribution in [1.82, 2.24) is 0 Å². The molecule has 0 fully saturated rings. The Bertz CT molecular complexity index is 1030. The van der Waals surface area contributed by atoms with Gasteiger partial charge in [-0.25, -0.2) is 0 Å². The predicted octanol–water partition coefficient (Wildman–Crippen LogP) is 5.97. The summed E-state index contributed by atoms with van der Waals surface area (Å²) in [5.74, 6) is -1.35. The first-order chi connectivity index (χ1) is 27.8. The summed E-state index contributed by atoms with van der Waals surface area (Å²) < 4.78 is 40.7. The Kier molecular flexibility index (Phi) is 31.9. The van der Waals surface area contributed by atoms with Gasteiger partial charge in [-0.1, -0.05) is 41.5 Å². The maximum Gasteiger partial charge on any atom is 0.306 e. The van der Waals surface area contributed by atoms with Gasteiger partial charge in [-0.3, -0.25) is 28.8 Å². The lowest BCUT2D eigenvalue weighted by atomic mass is 9.90. The molecule has 0 N–H and O–H groups in total. The van der Waals surface area contributed by atoms with Crippen LogP contribution >= 0.6 is 75.8 Å². The molecule has 0 saturated heterocycles. The molecule has 59 heavy (non-hydrogen) atoms. The minimum atomic E-state index is -1.44. The van der Waals surface area contributed by atoms with Gasteiger partial charge in [0.1, 0.15) is 39.6 Å². The average Bonchev–Trinajstić information content (AvgIpc) is 3.20. The highest BCUT2D eigenvalue weighted by Crippen LogP contribution is 2.28. The zero-order valence-electron chi connectivity index (χ0n) is 35.6. The van der Waals surface area contributed by atoms with Crippen molar-refractivity contribution in [3.8, 4) is 0 Å². The molecule has 0 aromatic rings. The van der Waals surface area contributed by atoms with E-state index in [1.165, 1.54) is 0 Å². The molecule has 0 aliphatic rings. The summed E-state index contributed by atoms with van der Waals surface area (Å²) in [6.07, 6.45) is 0.296. The topological polar surface area (TPSA) is 167 Å². The lowest BCUT2D eigenvalue weighted by molar-refractivity contribution is -0.175. The van der Waals surface area contributed by atoms with E-state index in [0.717, 1.165) is 0 Å². The van der Waals surface area contributed by atoms with Gasteiger partial charge in [0.25, 0.3) is 0 Å². The summed E-state index contributed by atoms with van der Waals surface area (Å²) in [4.78, 5) is 77.9. The molecule has 0 heterocycles. The molecule has 0 aromatic heterocycles. The van der Waals surface area contributed by atoms with Gasteiger partial charge in [0.05, 0.1) is 24.0 Å². The van der Waals surface area contributed by atoms with Crippen LogP contribution in [0.1, 0.15) is 80.1 Å². The molecule has 344 valence electrons. The molecular formula is C40H70O13S6. The van der Waals surface area contributed by atoms with Gasteiger partial charge in [0, 0.05) is 38.5 Å². The van der Waals surface area contributed by atoms with Crippen molar-refractivity contribution in [2.75, 3.05) is 87.4 Å². The molecule has 0 amide bonds. The van der Waals surface area contributed by atoms with Crippen molar-refractivity contribution in [2.45, 2.75) is 80.1 Å². The van der Waals surface area contributed by atoms with Crippen molar-refractivity contribution in [3.63, 3.8) is 0 Å². The van der Waals surface area contributed by atoms with Crippen LogP contribution in [0, 0.1) is 46.3 Å². The molecule has 6 atom stereocenters. The minimum absolute atomic E-state index is 0.0493. The summed E-state index contributed by atoms with van der Waals surface area (Å²) in [6, 6.07) is 0. The van der Waals surface area contributed by atoms with Crippen molar-refractivity contribution in [2.24, 2.45) is 46.3 Å². The lowest BCUT2D eigenvalue weighted by Crippen LogP contribution is -2.47. The Balaban J connectivity index is 7.02. The maximum absolute atomic E-state index is 13.0. The number of carbonyl (C=O) groups excluding carboxylic acids is 6. The molecule has 0 rings (SSSR count). The van der Waals surface area contributed by atoms with Crippen LogP contribution in [0.3, 0.4) is 0 Å². The van der Waals surface area contributed by atoms with E-state index in [1.54, 1.807) is 0 Å². The number of hydrogen-bond donors (Lipinski definition) is 6. The molecule has 0 bridgehead atoms. The number of hydrogen-bond acceptors (Lipinski definition) is 19. The zero-order chi connectivity index (χ0) is 45.0. The number of carbonyl (C=O) groups is 6. The van der Waals surface area contributed by atoms with Crippen molar-refractivity contribution in [1.29, 1.82) is 0 Å². The van der Waals surface area contributed by atoms with Crippen LogP contribution < -0.4 is 0 Å². The van der Waals surface area contributed by atoms with E-state index >= 15 is 0 Å². The van der Waals surface area contributed by atoms with Crippen LogP contribution in [0.4, 0.5) is 0 Å². The normalized spacial score (nSPS) is 16.5. The quantitative estimate of drug-likeness (QED) is 0.0254. The first-order valence-corrected chi connectivity index (χ1v) is 23.8. The average molecular weight is 951 g/mol. The van der Waals surface area contributed by atoms with Crippen LogP contribution in [0.15, 0.2) is 0 Å². The fraction of sp³-hybridized carbons (Fsp3) is 0.850. The Morgan fingerprint density at radius 1 is 0.322 bits per heavy atom. The molecule has 13 nitrogen and oxygen atoms in total. The molecule has 0 radical (unpaired) electrons. The fourth-order valence-electron chi connectivity index (χ4n) is 4.83. The molecule has 0 aliphatic heterocycles. The second-order valence-corrected chi connectivity index (χ2v) is 18.6.